The van der Waals surface area contributed by atoms with E-state index in [0.29, 0.717) is 29.7 Å². The molecule has 3 rings (SSSR count). The molecule has 16 heavy (non-hydrogen) atoms. The molecule has 80 valence electrons. The first-order valence-electron chi connectivity index (χ1n) is 4.71. The fraction of sp³-hybridized carbons (Fsp3) is 0.0909. The van der Waals surface area contributed by atoms with Crippen molar-refractivity contribution in [3.8, 4) is 0 Å². The van der Waals surface area contributed by atoms with Crippen LogP contribution >= 0.6 is 11.3 Å². The van der Waals surface area contributed by atoms with Gasteiger partial charge < -0.3 is 8.83 Å². The van der Waals surface area contributed by atoms with Crippen molar-refractivity contribution in [2.45, 2.75) is 6.42 Å². The van der Waals surface area contributed by atoms with E-state index in [2.05, 4.69) is 4.98 Å². The van der Waals surface area contributed by atoms with Gasteiger partial charge in [0.15, 0.2) is 6.29 Å². The molecule has 0 saturated heterocycles. The maximum atomic E-state index is 10.6. The number of thiophene rings is 1. The van der Waals surface area contributed by atoms with Crippen LogP contribution in [0, 0.1) is 0 Å². The number of oxazole rings is 1. The van der Waals surface area contributed by atoms with Gasteiger partial charge in [-0.25, -0.2) is 4.98 Å². The van der Waals surface area contributed by atoms with Gasteiger partial charge in [0.05, 0.1) is 6.42 Å². The van der Waals surface area contributed by atoms with Gasteiger partial charge in [-0.3, -0.25) is 4.79 Å². The lowest BCUT2D eigenvalue weighted by molar-refractivity contribution is 0.110. The Morgan fingerprint density at radius 3 is 3.19 bits per heavy atom. The lowest BCUT2D eigenvalue weighted by atomic mass is 10.3. The Morgan fingerprint density at radius 2 is 2.44 bits per heavy atom. The summed E-state index contributed by atoms with van der Waals surface area (Å²) in [6, 6.07) is 4.00. The Kier molecular flexibility index (Phi) is 2.11. The summed E-state index contributed by atoms with van der Waals surface area (Å²) >= 11 is 1.65. The van der Waals surface area contributed by atoms with Gasteiger partial charge in [0.1, 0.15) is 11.8 Å². The number of aromatic nitrogens is 1. The van der Waals surface area contributed by atoms with Crippen LogP contribution in [-0.2, 0) is 6.42 Å². The number of rotatable bonds is 3. The molecule has 3 aromatic heterocycles. The molecule has 0 atom stereocenters. The van der Waals surface area contributed by atoms with Crippen LogP contribution in [0.5, 0.6) is 0 Å². The van der Waals surface area contributed by atoms with E-state index in [9.17, 15) is 4.79 Å². The smallest absolute Gasteiger partial charge is 0.211 e. The van der Waals surface area contributed by atoms with Crippen molar-refractivity contribution in [2.24, 2.45) is 0 Å². The molecule has 0 bridgehead atoms. The van der Waals surface area contributed by atoms with E-state index >= 15 is 0 Å². The predicted molar refractivity (Wildman–Crippen MR) is 58.8 cm³/mol. The molecule has 0 N–H and O–H groups in total. The van der Waals surface area contributed by atoms with Crippen molar-refractivity contribution >= 4 is 28.7 Å². The van der Waals surface area contributed by atoms with E-state index in [-0.39, 0.29) is 5.76 Å². The number of carbonyl (C=O) groups is 1. The predicted octanol–water partition coefficient (Wildman–Crippen LogP) is 2.89. The fourth-order valence-corrected chi connectivity index (χ4v) is 2.22. The van der Waals surface area contributed by atoms with Crippen LogP contribution in [0.15, 0.2) is 32.6 Å². The SMILES string of the molecule is O=Cc1occ2nc(Cc3cccs3)oc12. The minimum absolute atomic E-state index is 0.194. The van der Waals surface area contributed by atoms with Gasteiger partial charge in [0.25, 0.3) is 0 Å². The molecular weight excluding hydrogens is 226 g/mol. The largest absolute Gasteiger partial charge is 0.455 e. The molecule has 0 radical (unpaired) electrons. The summed E-state index contributed by atoms with van der Waals surface area (Å²) in [7, 11) is 0. The number of hydrogen-bond donors (Lipinski definition) is 0. The molecule has 5 heteroatoms. The third-order valence-electron chi connectivity index (χ3n) is 2.23. The standard InChI is InChI=1S/C11H7NO3S/c13-5-9-11-8(6-14-9)12-10(15-11)4-7-2-1-3-16-7/h1-3,5-6H,4H2. The zero-order chi connectivity index (χ0) is 11.0. The molecule has 0 aliphatic rings. The minimum Gasteiger partial charge on any atom is -0.455 e. The summed E-state index contributed by atoms with van der Waals surface area (Å²) in [6.45, 7) is 0. The van der Waals surface area contributed by atoms with Crippen molar-refractivity contribution in [1.82, 2.24) is 4.98 Å². The van der Waals surface area contributed by atoms with Gasteiger partial charge >= 0.3 is 0 Å². The number of hydrogen-bond acceptors (Lipinski definition) is 5. The number of carbonyl (C=O) groups excluding carboxylic acids is 1. The molecule has 0 amide bonds. The van der Waals surface area contributed by atoms with Crippen LogP contribution in [0.25, 0.3) is 11.1 Å². The number of nitrogens with zero attached hydrogens (tertiary/aromatic N) is 1. The Labute approximate surface area is 94.5 Å². The quantitative estimate of drug-likeness (QED) is 0.653. The van der Waals surface area contributed by atoms with Crippen molar-refractivity contribution in [3.05, 3.63) is 40.3 Å². The number of furan rings is 1. The highest BCUT2D eigenvalue weighted by molar-refractivity contribution is 7.09. The monoisotopic (exact) mass is 233 g/mol. The van der Waals surface area contributed by atoms with E-state index in [1.807, 2.05) is 17.5 Å². The van der Waals surface area contributed by atoms with Crippen molar-refractivity contribution < 1.29 is 13.6 Å². The van der Waals surface area contributed by atoms with E-state index in [4.69, 9.17) is 8.83 Å². The first-order chi connectivity index (χ1) is 7.86. The average Bonchev–Trinajstić information content (AvgIpc) is 2.94. The molecule has 4 nitrogen and oxygen atoms in total. The van der Waals surface area contributed by atoms with Gasteiger partial charge in [0, 0.05) is 4.88 Å². The molecule has 0 aliphatic heterocycles. The van der Waals surface area contributed by atoms with Crippen LogP contribution in [-0.4, -0.2) is 11.3 Å². The third kappa shape index (κ3) is 1.45. The van der Waals surface area contributed by atoms with Gasteiger partial charge in [-0.2, -0.15) is 0 Å². The zero-order valence-electron chi connectivity index (χ0n) is 8.17. The normalized spacial score (nSPS) is 11.0. The first-order valence-corrected chi connectivity index (χ1v) is 5.59. The topological polar surface area (TPSA) is 56.2 Å². The Hall–Kier alpha value is -1.88. The molecule has 0 unspecified atom stereocenters. The fourth-order valence-electron chi connectivity index (χ4n) is 1.53. The maximum absolute atomic E-state index is 10.6. The lowest BCUT2D eigenvalue weighted by Crippen LogP contribution is -1.83. The maximum Gasteiger partial charge on any atom is 0.211 e. The highest BCUT2D eigenvalue weighted by Gasteiger charge is 2.13. The van der Waals surface area contributed by atoms with Gasteiger partial charge in [-0.05, 0) is 11.4 Å². The molecule has 0 fully saturated rings. The highest BCUT2D eigenvalue weighted by Crippen LogP contribution is 2.23. The second-order valence-electron chi connectivity index (χ2n) is 3.30. The van der Waals surface area contributed by atoms with Gasteiger partial charge in [-0.1, -0.05) is 6.07 Å². The first kappa shape index (κ1) is 9.35. The second kappa shape index (κ2) is 3.61. The van der Waals surface area contributed by atoms with E-state index < -0.39 is 0 Å². The number of aldehydes is 1. The molecule has 3 aromatic rings. The van der Waals surface area contributed by atoms with E-state index in [1.54, 1.807) is 11.3 Å². The summed E-state index contributed by atoms with van der Waals surface area (Å²) in [5.74, 6) is 0.797. The second-order valence-corrected chi connectivity index (χ2v) is 4.33. The van der Waals surface area contributed by atoms with Crippen molar-refractivity contribution in [2.75, 3.05) is 0 Å². The molecular formula is C11H7NO3S. The van der Waals surface area contributed by atoms with Crippen LogP contribution < -0.4 is 0 Å². The Bertz CT molecular complexity index is 621. The van der Waals surface area contributed by atoms with Crippen molar-refractivity contribution in [1.29, 1.82) is 0 Å². The van der Waals surface area contributed by atoms with Crippen LogP contribution in [0.3, 0.4) is 0 Å². The Balaban J connectivity index is 1.99. The highest BCUT2D eigenvalue weighted by atomic mass is 32.1. The summed E-state index contributed by atoms with van der Waals surface area (Å²) in [4.78, 5) is 16.0. The van der Waals surface area contributed by atoms with Crippen LogP contribution in [0.4, 0.5) is 0 Å². The summed E-state index contributed by atoms with van der Waals surface area (Å²) in [5, 5.41) is 2.00. The van der Waals surface area contributed by atoms with E-state index in [1.165, 1.54) is 11.1 Å². The van der Waals surface area contributed by atoms with Crippen LogP contribution in [0.2, 0.25) is 0 Å². The zero-order valence-corrected chi connectivity index (χ0v) is 8.99. The number of fused-ring (bicyclic) bond motifs is 1. The molecule has 0 aromatic carbocycles. The van der Waals surface area contributed by atoms with Gasteiger partial charge in [-0.15, -0.1) is 11.3 Å². The third-order valence-corrected chi connectivity index (χ3v) is 3.11. The van der Waals surface area contributed by atoms with Crippen molar-refractivity contribution in [3.63, 3.8) is 0 Å². The summed E-state index contributed by atoms with van der Waals surface area (Å²) in [6.07, 6.45) is 2.70. The average molecular weight is 233 g/mol. The van der Waals surface area contributed by atoms with E-state index in [0.717, 1.165) is 0 Å². The van der Waals surface area contributed by atoms with Crippen LogP contribution in [0.1, 0.15) is 21.3 Å². The molecule has 3 heterocycles. The minimum atomic E-state index is 0.194. The molecule has 0 spiro atoms. The summed E-state index contributed by atoms with van der Waals surface area (Å²) in [5.41, 5.74) is 1.02. The molecule has 0 aliphatic carbocycles. The Morgan fingerprint density at radius 1 is 1.50 bits per heavy atom. The summed E-state index contributed by atoms with van der Waals surface area (Å²) < 4.78 is 10.4. The van der Waals surface area contributed by atoms with Gasteiger partial charge in [0.2, 0.25) is 17.2 Å². The molecule has 0 saturated carbocycles. The lowest BCUT2D eigenvalue weighted by Gasteiger charge is -1.89.